The van der Waals surface area contributed by atoms with Crippen molar-refractivity contribution in [1.29, 1.82) is 0 Å². The third-order valence-electron chi connectivity index (χ3n) is 3.63. The van der Waals surface area contributed by atoms with Gasteiger partial charge in [-0.25, -0.2) is 4.79 Å². The fourth-order valence-corrected chi connectivity index (χ4v) is 2.55. The molecule has 118 valence electrons. The zero-order valence-electron chi connectivity index (χ0n) is 13.1. The van der Waals surface area contributed by atoms with E-state index in [9.17, 15) is 4.79 Å². The maximum absolute atomic E-state index is 12.0. The number of hydrogen-bond donors (Lipinski definition) is 1. The number of aliphatic hydroxyl groups excluding tert-OH is 1. The lowest BCUT2D eigenvalue weighted by molar-refractivity contribution is 0.0183. The minimum Gasteiger partial charge on any atom is -0.464 e. The Bertz CT molecular complexity index is 467. The van der Waals surface area contributed by atoms with Gasteiger partial charge in [0, 0.05) is 19.5 Å². The second-order valence-corrected chi connectivity index (χ2v) is 6.64. The van der Waals surface area contributed by atoms with Crippen molar-refractivity contribution in [3.8, 4) is 0 Å². The Morgan fingerprint density at radius 1 is 1.33 bits per heavy atom. The van der Waals surface area contributed by atoms with Gasteiger partial charge in [-0.3, -0.25) is 0 Å². The molecule has 0 bridgehead atoms. The van der Waals surface area contributed by atoms with E-state index in [2.05, 4.69) is 0 Å². The number of piperidine rings is 1. The van der Waals surface area contributed by atoms with Crippen LogP contribution in [-0.2, 0) is 17.8 Å². The van der Waals surface area contributed by atoms with Gasteiger partial charge in [0.05, 0.1) is 0 Å². The van der Waals surface area contributed by atoms with Crippen molar-refractivity contribution >= 4 is 6.09 Å². The number of nitrogens with zero attached hydrogens (tertiary/aromatic N) is 1. The molecule has 0 aromatic carbocycles. The summed E-state index contributed by atoms with van der Waals surface area (Å²) >= 11 is 0. The standard InChI is InChI=1S/C16H25NO4/c1-16(2,3)21-15(19)17-8-6-12(7-9-17)10-13-4-5-14(11-18)20-13/h4-5,12,18H,6-11H2,1-3H3. The molecule has 1 fully saturated rings. The van der Waals surface area contributed by atoms with Crippen LogP contribution in [0.15, 0.2) is 16.5 Å². The highest BCUT2D eigenvalue weighted by Gasteiger charge is 2.27. The Morgan fingerprint density at radius 2 is 1.95 bits per heavy atom. The third-order valence-corrected chi connectivity index (χ3v) is 3.63. The Balaban J connectivity index is 1.79. The number of aliphatic hydroxyl groups is 1. The molecular weight excluding hydrogens is 270 g/mol. The summed E-state index contributed by atoms with van der Waals surface area (Å²) in [6.07, 6.45) is 2.55. The topological polar surface area (TPSA) is 62.9 Å². The van der Waals surface area contributed by atoms with Crippen LogP contribution in [0.4, 0.5) is 4.79 Å². The van der Waals surface area contributed by atoms with Gasteiger partial charge < -0.3 is 19.2 Å². The van der Waals surface area contributed by atoms with Crippen molar-refractivity contribution in [2.24, 2.45) is 5.92 Å². The molecule has 1 aliphatic rings. The fourth-order valence-electron chi connectivity index (χ4n) is 2.55. The summed E-state index contributed by atoms with van der Waals surface area (Å²) in [5, 5.41) is 8.99. The summed E-state index contributed by atoms with van der Waals surface area (Å²) in [6.45, 7) is 7.05. The second kappa shape index (κ2) is 6.52. The molecule has 2 rings (SSSR count). The van der Waals surface area contributed by atoms with Crippen LogP contribution in [0.2, 0.25) is 0 Å². The van der Waals surface area contributed by atoms with Crippen LogP contribution >= 0.6 is 0 Å². The molecule has 1 aliphatic heterocycles. The number of likely N-dealkylation sites (tertiary alicyclic amines) is 1. The van der Waals surface area contributed by atoms with E-state index in [-0.39, 0.29) is 12.7 Å². The summed E-state index contributed by atoms with van der Waals surface area (Å²) in [7, 11) is 0. The zero-order valence-corrected chi connectivity index (χ0v) is 13.1. The largest absolute Gasteiger partial charge is 0.464 e. The summed E-state index contributed by atoms with van der Waals surface area (Å²) in [5.74, 6) is 2.03. The number of rotatable bonds is 3. The molecule has 0 unspecified atom stereocenters. The van der Waals surface area contributed by atoms with Gasteiger partial charge in [-0.05, 0) is 51.7 Å². The van der Waals surface area contributed by atoms with Crippen molar-refractivity contribution in [2.75, 3.05) is 13.1 Å². The SMILES string of the molecule is CC(C)(C)OC(=O)N1CCC(Cc2ccc(CO)o2)CC1. The molecule has 0 radical (unpaired) electrons. The van der Waals surface area contributed by atoms with Crippen LogP contribution in [0.25, 0.3) is 0 Å². The summed E-state index contributed by atoms with van der Waals surface area (Å²) in [6, 6.07) is 3.73. The van der Waals surface area contributed by atoms with E-state index < -0.39 is 5.60 Å². The van der Waals surface area contributed by atoms with E-state index in [1.807, 2.05) is 32.9 Å². The Hall–Kier alpha value is -1.49. The predicted molar refractivity (Wildman–Crippen MR) is 78.9 cm³/mol. The van der Waals surface area contributed by atoms with E-state index in [1.165, 1.54) is 0 Å². The molecule has 1 aromatic heterocycles. The number of amides is 1. The monoisotopic (exact) mass is 295 g/mol. The van der Waals surface area contributed by atoms with Gasteiger partial charge in [-0.2, -0.15) is 0 Å². The molecule has 1 aromatic rings. The first-order chi connectivity index (χ1) is 9.87. The summed E-state index contributed by atoms with van der Waals surface area (Å²) < 4.78 is 10.9. The number of furan rings is 1. The van der Waals surface area contributed by atoms with E-state index in [4.69, 9.17) is 14.3 Å². The zero-order chi connectivity index (χ0) is 15.5. The summed E-state index contributed by atoms with van der Waals surface area (Å²) in [5.41, 5.74) is -0.442. The molecule has 0 spiro atoms. The second-order valence-electron chi connectivity index (χ2n) is 6.64. The molecule has 0 atom stereocenters. The van der Waals surface area contributed by atoms with Gasteiger partial charge in [-0.1, -0.05) is 0 Å². The van der Waals surface area contributed by atoms with Gasteiger partial charge in [0.25, 0.3) is 0 Å². The fraction of sp³-hybridized carbons (Fsp3) is 0.688. The molecule has 5 nitrogen and oxygen atoms in total. The Kier molecular flexibility index (Phi) is 4.93. The molecule has 0 saturated carbocycles. The first-order valence-corrected chi connectivity index (χ1v) is 7.54. The van der Waals surface area contributed by atoms with Crippen LogP contribution in [0.3, 0.4) is 0 Å². The molecule has 2 heterocycles. The van der Waals surface area contributed by atoms with Crippen LogP contribution in [0, 0.1) is 5.92 Å². The minimum absolute atomic E-state index is 0.0584. The maximum Gasteiger partial charge on any atom is 0.410 e. The van der Waals surface area contributed by atoms with Crippen molar-refractivity contribution in [2.45, 2.75) is 52.2 Å². The van der Waals surface area contributed by atoms with E-state index >= 15 is 0 Å². The van der Waals surface area contributed by atoms with Crippen LogP contribution in [0.5, 0.6) is 0 Å². The van der Waals surface area contributed by atoms with Gasteiger partial charge >= 0.3 is 6.09 Å². The average Bonchev–Trinajstić information content (AvgIpc) is 2.85. The molecular formula is C16H25NO4. The van der Waals surface area contributed by atoms with Gasteiger partial charge in [0.1, 0.15) is 23.7 Å². The van der Waals surface area contributed by atoms with Crippen LogP contribution in [0.1, 0.15) is 45.1 Å². The minimum atomic E-state index is -0.442. The van der Waals surface area contributed by atoms with E-state index in [1.54, 1.807) is 4.90 Å². The number of hydrogen-bond acceptors (Lipinski definition) is 4. The molecule has 1 N–H and O–H groups in total. The normalized spacial score (nSPS) is 17.0. The lowest BCUT2D eigenvalue weighted by atomic mass is 9.93. The van der Waals surface area contributed by atoms with Gasteiger partial charge in [0.15, 0.2) is 0 Å². The Morgan fingerprint density at radius 3 is 2.48 bits per heavy atom. The number of carbonyl (C=O) groups is 1. The smallest absolute Gasteiger partial charge is 0.410 e. The summed E-state index contributed by atoms with van der Waals surface area (Å²) in [4.78, 5) is 13.8. The molecule has 5 heteroatoms. The lowest BCUT2D eigenvalue weighted by Crippen LogP contribution is -2.42. The maximum atomic E-state index is 12.0. The quantitative estimate of drug-likeness (QED) is 0.931. The van der Waals surface area contributed by atoms with E-state index in [0.717, 1.165) is 38.1 Å². The van der Waals surface area contributed by atoms with Crippen molar-refractivity contribution in [3.05, 3.63) is 23.7 Å². The van der Waals surface area contributed by atoms with E-state index in [0.29, 0.717) is 11.7 Å². The van der Waals surface area contributed by atoms with Gasteiger partial charge in [-0.15, -0.1) is 0 Å². The van der Waals surface area contributed by atoms with Crippen molar-refractivity contribution < 1.29 is 19.1 Å². The lowest BCUT2D eigenvalue weighted by Gasteiger charge is -2.33. The average molecular weight is 295 g/mol. The predicted octanol–water partition coefficient (Wildman–Crippen LogP) is 2.96. The highest BCUT2D eigenvalue weighted by Crippen LogP contribution is 2.24. The highest BCUT2D eigenvalue weighted by atomic mass is 16.6. The van der Waals surface area contributed by atoms with Crippen molar-refractivity contribution in [1.82, 2.24) is 4.90 Å². The first-order valence-electron chi connectivity index (χ1n) is 7.54. The molecule has 0 aliphatic carbocycles. The van der Waals surface area contributed by atoms with Crippen LogP contribution < -0.4 is 0 Å². The highest BCUT2D eigenvalue weighted by molar-refractivity contribution is 5.68. The van der Waals surface area contributed by atoms with Gasteiger partial charge in [0.2, 0.25) is 0 Å². The first kappa shape index (κ1) is 15.9. The molecule has 1 saturated heterocycles. The Labute approximate surface area is 125 Å². The van der Waals surface area contributed by atoms with Crippen molar-refractivity contribution in [3.63, 3.8) is 0 Å². The molecule has 1 amide bonds. The molecule has 21 heavy (non-hydrogen) atoms. The van der Waals surface area contributed by atoms with Crippen LogP contribution in [-0.4, -0.2) is 34.8 Å². The third kappa shape index (κ3) is 4.77. The number of ether oxygens (including phenoxy) is 1. The number of carbonyl (C=O) groups excluding carboxylic acids is 1.